The van der Waals surface area contributed by atoms with E-state index in [2.05, 4.69) is 5.32 Å². The molecule has 2 rings (SSSR count). The smallest absolute Gasteiger partial charge is 0.347 e. The average Bonchev–Trinajstić information content (AvgIpc) is 2.57. The Morgan fingerprint density at radius 1 is 1.17 bits per heavy atom. The molecule has 0 unspecified atom stereocenters. The molecule has 126 valence electrons. The van der Waals surface area contributed by atoms with Crippen LogP contribution in [0, 0.1) is 5.82 Å². The number of ether oxygens (including phenoxy) is 2. The van der Waals surface area contributed by atoms with Crippen molar-refractivity contribution in [2.75, 3.05) is 11.9 Å². The molecule has 7 heteroatoms. The summed E-state index contributed by atoms with van der Waals surface area (Å²) in [5.74, 6) is -1.32. The first kappa shape index (κ1) is 17.7. The van der Waals surface area contributed by atoms with Crippen molar-refractivity contribution in [3.63, 3.8) is 0 Å². The second-order valence-corrected chi connectivity index (χ2v) is 5.26. The lowest BCUT2D eigenvalue weighted by Crippen LogP contribution is -2.29. The summed E-state index contributed by atoms with van der Waals surface area (Å²) in [6.07, 6.45) is -0.941. The van der Waals surface area contributed by atoms with Crippen molar-refractivity contribution in [2.24, 2.45) is 0 Å². The van der Waals surface area contributed by atoms with Crippen LogP contribution in [0.5, 0.6) is 5.75 Å². The van der Waals surface area contributed by atoms with Crippen LogP contribution in [0.2, 0.25) is 5.02 Å². The number of esters is 1. The molecular formula is C17H15ClFNO4. The van der Waals surface area contributed by atoms with Gasteiger partial charge in [-0.3, -0.25) is 4.79 Å². The minimum atomic E-state index is -0.941. The summed E-state index contributed by atoms with van der Waals surface area (Å²) in [6, 6.07) is 11.9. The quantitative estimate of drug-likeness (QED) is 0.810. The standard InChI is InChI=1S/C17H15ClFNO4/c1-11(24-13-8-6-12(19)7-9-13)17(22)23-10-16(21)20-15-5-3-2-4-14(15)18/h2-9,11H,10H2,1H3,(H,20,21)/t11-/m0/s1. The topological polar surface area (TPSA) is 64.6 Å². The Labute approximate surface area is 143 Å². The lowest BCUT2D eigenvalue weighted by atomic mass is 10.3. The highest BCUT2D eigenvalue weighted by molar-refractivity contribution is 6.33. The van der Waals surface area contributed by atoms with Gasteiger partial charge in [0.15, 0.2) is 12.7 Å². The molecule has 2 aromatic rings. The number of rotatable bonds is 6. The van der Waals surface area contributed by atoms with Gasteiger partial charge in [-0.25, -0.2) is 9.18 Å². The SMILES string of the molecule is C[C@H](Oc1ccc(F)cc1)C(=O)OCC(=O)Nc1ccccc1Cl. The number of nitrogens with one attached hydrogen (secondary N) is 1. The number of hydrogen-bond donors (Lipinski definition) is 1. The van der Waals surface area contributed by atoms with Gasteiger partial charge in [0.05, 0.1) is 10.7 Å². The second-order valence-electron chi connectivity index (χ2n) is 4.85. The first-order valence-electron chi connectivity index (χ1n) is 7.09. The minimum Gasteiger partial charge on any atom is -0.479 e. The molecule has 0 spiro atoms. The predicted octanol–water partition coefficient (Wildman–Crippen LogP) is 3.43. The van der Waals surface area contributed by atoms with E-state index in [9.17, 15) is 14.0 Å². The molecule has 1 amide bonds. The molecule has 0 aliphatic carbocycles. The van der Waals surface area contributed by atoms with Gasteiger partial charge in [0.2, 0.25) is 0 Å². The zero-order chi connectivity index (χ0) is 17.5. The van der Waals surface area contributed by atoms with Gasteiger partial charge in [-0.2, -0.15) is 0 Å². The van der Waals surface area contributed by atoms with Gasteiger partial charge < -0.3 is 14.8 Å². The predicted molar refractivity (Wildman–Crippen MR) is 87.5 cm³/mol. The molecule has 0 saturated heterocycles. The third kappa shape index (κ3) is 5.24. The highest BCUT2D eigenvalue weighted by atomic mass is 35.5. The Balaban J connectivity index is 1.80. The molecule has 0 aliphatic rings. The van der Waals surface area contributed by atoms with Gasteiger partial charge in [0.1, 0.15) is 11.6 Å². The van der Waals surface area contributed by atoms with Gasteiger partial charge in [-0.1, -0.05) is 23.7 Å². The first-order chi connectivity index (χ1) is 11.5. The van der Waals surface area contributed by atoms with Gasteiger partial charge >= 0.3 is 5.97 Å². The number of para-hydroxylation sites is 1. The van der Waals surface area contributed by atoms with Crippen molar-refractivity contribution in [2.45, 2.75) is 13.0 Å². The van der Waals surface area contributed by atoms with E-state index in [1.54, 1.807) is 24.3 Å². The summed E-state index contributed by atoms with van der Waals surface area (Å²) in [4.78, 5) is 23.6. The van der Waals surface area contributed by atoms with Crippen LogP contribution in [-0.4, -0.2) is 24.6 Å². The maximum absolute atomic E-state index is 12.8. The second kappa shape index (κ2) is 8.31. The molecule has 1 atom stereocenters. The number of hydrogen-bond acceptors (Lipinski definition) is 4. The summed E-state index contributed by atoms with van der Waals surface area (Å²) < 4.78 is 23.0. The Bertz CT molecular complexity index is 721. The van der Waals surface area contributed by atoms with Crippen LogP contribution in [0.15, 0.2) is 48.5 Å². The maximum atomic E-state index is 12.8. The summed E-state index contributed by atoms with van der Waals surface area (Å²) >= 11 is 5.91. The number of anilines is 1. The normalized spacial score (nSPS) is 11.5. The molecule has 0 bridgehead atoms. The van der Waals surface area contributed by atoms with Crippen molar-refractivity contribution in [1.29, 1.82) is 0 Å². The number of carbonyl (C=O) groups excluding carboxylic acids is 2. The molecule has 2 aromatic carbocycles. The van der Waals surface area contributed by atoms with E-state index in [-0.39, 0.29) is 0 Å². The fourth-order valence-electron chi connectivity index (χ4n) is 1.77. The van der Waals surface area contributed by atoms with Gasteiger partial charge in [0.25, 0.3) is 5.91 Å². The van der Waals surface area contributed by atoms with Crippen molar-refractivity contribution in [3.8, 4) is 5.75 Å². The summed E-state index contributed by atoms with van der Waals surface area (Å²) in [7, 11) is 0. The van der Waals surface area contributed by atoms with Crippen molar-refractivity contribution in [3.05, 3.63) is 59.4 Å². The van der Waals surface area contributed by atoms with Crippen LogP contribution >= 0.6 is 11.6 Å². The van der Waals surface area contributed by atoms with E-state index in [1.807, 2.05) is 0 Å². The molecule has 1 N–H and O–H groups in total. The molecule has 0 saturated carbocycles. The Morgan fingerprint density at radius 2 is 1.83 bits per heavy atom. The molecule has 24 heavy (non-hydrogen) atoms. The number of halogens is 2. The fraction of sp³-hybridized carbons (Fsp3) is 0.176. The minimum absolute atomic E-state index is 0.321. The highest BCUT2D eigenvalue weighted by Crippen LogP contribution is 2.20. The van der Waals surface area contributed by atoms with Gasteiger partial charge in [0, 0.05) is 0 Å². The third-order valence-corrected chi connectivity index (χ3v) is 3.28. The molecule has 0 aromatic heterocycles. The van der Waals surface area contributed by atoms with Gasteiger partial charge in [-0.05, 0) is 43.3 Å². The Hall–Kier alpha value is -2.60. The first-order valence-corrected chi connectivity index (χ1v) is 7.47. The fourth-order valence-corrected chi connectivity index (χ4v) is 1.95. The summed E-state index contributed by atoms with van der Waals surface area (Å²) in [5, 5.41) is 2.91. The zero-order valence-electron chi connectivity index (χ0n) is 12.8. The van der Waals surface area contributed by atoms with E-state index in [0.29, 0.717) is 16.5 Å². The number of amides is 1. The van der Waals surface area contributed by atoms with E-state index in [0.717, 1.165) is 0 Å². The molecule has 0 heterocycles. The lowest BCUT2D eigenvalue weighted by molar-refractivity contribution is -0.153. The monoisotopic (exact) mass is 351 g/mol. The molecule has 5 nitrogen and oxygen atoms in total. The molecule has 0 radical (unpaired) electrons. The number of benzene rings is 2. The Morgan fingerprint density at radius 3 is 2.50 bits per heavy atom. The largest absolute Gasteiger partial charge is 0.479 e. The van der Waals surface area contributed by atoms with Crippen LogP contribution < -0.4 is 10.1 Å². The summed E-state index contributed by atoms with van der Waals surface area (Å²) in [6.45, 7) is 0.999. The highest BCUT2D eigenvalue weighted by Gasteiger charge is 2.18. The van der Waals surface area contributed by atoms with Crippen molar-refractivity contribution < 1.29 is 23.5 Å². The zero-order valence-corrected chi connectivity index (χ0v) is 13.5. The van der Waals surface area contributed by atoms with E-state index >= 15 is 0 Å². The molecular weight excluding hydrogens is 337 g/mol. The van der Waals surface area contributed by atoms with Gasteiger partial charge in [-0.15, -0.1) is 0 Å². The van der Waals surface area contributed by atoms with Crippen LogP contribution in [0.3, 0.4) is 0 Å². The Kier molecular flexibility index (Phi) is 6.14. The maximum Gasteiger partial charge on any atom is 0.347 e. The summed E-state index contributed by atoms with van der Waals surface area (Å²) in [5.41, 5.74) is 0.427. The van der Waals surface area contributed by atoms with Crippen molar-refractivity contribution in [1.82, 2.24) is 0 Å². The number of carbonyl (C=O) groups is 2. The van der Waals surface area contributed by atoms with E-state index < -0.39 is 30.4 Å². The third-order valence-electron chi connectivity index (χ3n) is 2.95. The van der Waals surface area contributed by atoms with Crippen LogP contribution in [0.25, 0.3) is 0 Å². The average molecular weight is 352 g/mol. The van der Waals surface area contributed by atoms with Crippen LogP contribution in [0.4, 0.5) is 10.1 Å². The lowest BCUT2D eigenvalue weighted by Gasteiger charge is -2.14. The molecule has 0 fully saturated rings. The molecule has 0 aliphatic heterocycles. The van der Waals surface area contributed by atoms with Crippen LogP contribution in [0.1, 0.15) is 6.92 Å². The van der Waals surface area contributed by atoms with E-state index in [1.165, 1.54) is 31.2 Å². The van der Waals surface area contributed by atoms with Crippen molar-refractivity contribution >= 4 is 29.2 Å². The van der Waals surface area contributed by atoms with E-state index in [4.69, 9.17) is 21.1 Å². The van der Waals surface area contributed by atoms with Crippen LogP contribution in [-0.2, 0) is 14.3 Å².